The number of halogens is 6. The van der Waals surface area contributed by atoms with Gasteiger partial charge in [-0.25, -0.2) is 0 Å². The average molecular weight is 285 g/mol. The fourth-order valence-electron chi connectivity index (χ4n) is 1.32. The Hall–Kier alpha value is -1.73. The summed E-state index contributed by atoms with van der Waals surface area (Å²) in [6.45, 7) is -0.389. The van der Waals surface area contributed by atoms with Gasteiger partial charge in [-0.05, 0) is 18.1 Å². The predicted molar refractivity (Wildman–Crippen MR) is 54.2 cm³/mol. The highest BCUT2D eigenvalue weighted by Crippen LogP contribution is 2.29. The van der Waals surface area contributed by atoms with Crippen molar-refractivity contribution in [3.05, 3.63) is 35.4 Å². The molecule has 0 saturated heterocycles. The van der Waals surface area contributed by atoms with E-state index in [1.807, 2.05) is 0 Å². The van der Waals surface area contributed by atoms with E-state index in [0.717, 1.165) is 18.2 Å². The Morgan fingerprint density at radius 2 is 1.74 bits per heavy atom. The summed E-state index contributed by atoms with van der Waals surface area (Å²) in [5.74, 6) is -2.11. The highest BCUT2D eigenvalue weighted by molar-refractivity contribution is 5.81. The molecule has 1 aromatic carbocycles. The number of nitrogens with one attached hydrogen (secondary N) is 1. The number of benzene rings is 1. The van der Waals surface area contributed by atoms with E-state index in [9.17, 15) is 31.1 Å². The van der Waals surface area contributed by atoms with E-state index in [2.05, 4.69) is 0 Å². The summed E-state index contributed by atoms with van der Waals surface area (Å²) in [5, 5.41) is 1.58. The SMILES string of the molecule is O=C(NCCc1cccc(C(F)(F)F)c1)C(F)(F)F. The van der Waals surface area contributed by atoms with Crippen molar-refractivity contribution in [2.24, 2.45) is 0 Å². The minimum atomic E-state index is -4.99. The summed E-state index contributed by atoms with van der Waals surface area (Å²) in [7, 11) is 0. The molecule has 0 aromatic heterocycles. The zero-order valence-corrected chi connectivity index (χ0v) is 9.40. The van der Waals surface area contributed by atoms with Gasteiger partial charge in [0.25, 0.3) is 0 Å². The third-order valence-corrected chi connectivity index (χ3v) is 2.21. The maximum Gasteiger partial charge on any atom is 0.471 e. The average Bonchev–Trinajstić information content (AvgIpc) is 2.27. The second-order valence-corrected chi connectivity index (χ2v) is 3.70. The second kappa shape index (κ2) is 5.50. The smallest absolute Gasteiger partial charge is 0.348 e. The van der Waals surface area contributed by atoms with Gasteiger partial charge in [0.2, 0.25) is 0 Å². The molecule has 2 nitrogen and oxygen atoms in total. The van der Waals surface area contributed by atoms with Crippen molar-refractivity contribution in [3.8, 4) is 0 Å². The Morgan fingerprint density at radius 1 is 1.11 bits per heavy atom. The van der Waals surface area contributed by atoms with Crippen molar-refractivity contribution in [2.75, 3.05) is 6.54 Å². The van der Waals surface area contributed by atoms with Crippen LogP contribution in [0.2, 0.25) is 0 Å². The molecule has 0 heterocycles. The fraction of sp³-hybridized carbons (Fsp3) is 0.364. The molecule has 1 rings (SSSR count). The van der Waals surface area contributed by atoms with Gasteiger partial charge in [0.1, 0.15) is 0 Å². The molecule has 1 N–H and O–H groups in total. The maximum absolute atomic E-state index is 12.4. The number of rotatable bonds is 3. The number of hydrogen-bond acceptors (Lipinski definition) is 1. The molecule has 1 amide bonds. The number of alkyl halides is 6. The molecule has 106 valence electrons. The molecule has 0 aliphatic rings. The third-order valence-electron chi connectivity index (χ3n) is 2.21. The first kappa shape index (κ1) is 15.3. The zero-order valence-electron chi connectivity index (χ0n) is 9.40. The summed E-state index contributed by atoms with van der Waals surface area (Å²) in [4.78, 5) is 10.5. The van der Waals surface area contributed by atoms with E-state index in [1.54, 1.807) is 5.32 Å². The Morgan fingerprint density at radius 3 is 2.26 bits per heavy atom. The van der Waals surface area contributed by atoms with Gasteiger partial charge in [0.15, 0.2) is 0 Å². The van der Waals surface area contributed by atoms with Gasteiger partial charge in [-0.1, -0.05) is 18.2 Å². The summed E-state index contributed by atoms with van der Waals surface area (Å²) in [6.07, 6.45) is -9.62. The van der Waals surface area contributed by atoms with Crippen molar-refractivity contribution in [2.45, 2.75) is 18.8 Å². The van der Waals surface area contributed by atoms with E-state index in [0.29, 0.717) is 0 Å². The van der Waals surface area contributed by atoms with Crippen LogP contribution in [0.15, 0.2) is 24.3 Å². The van der Waals surface area contributed by atoms with Crippen LogP contribution in [-0.4, -0.2) is 18.6 Å². The lowest BCUT2D eigenvalue weighted by molar-refractivity contribution is -0.173. The minimum Gasteiger partial charge on any atom is -0.348 e. The van der Waals surface area contributed by atoms with Gasteiger partial charge in [-0.2, -0.15) is 26.3 Å². The van der Waals surface area contributed by atoms with E-state index in [-0.39, 0.29) is 18.5 Å². The second-order valence-electron chi connectivity index (χ2n) is 3.70. The van der Waals surface area contributed by atoms with Gasteiger partial charge in [-0.3, -0.25) is 4.79 Å². The number of hydrogen-bond donors (Lipinski definition) is 1. The fourth-order valence-corrected chi connectivity index (χ4v) is 1.32. The van der Waals surface area contributed by atoms with Crippen LogP contribution in [-0.2, 0) is 17.4 Å². The van der Waals surface area contributed by atoms with E-state index in [1.165, 1.54) is 6.07 Å². The number of carbonyl (C=O) groups is 1. The molecule has 0 unspecified atom stereocenters. The standard InChI is InChI=1S/C11H9F6NO/c12-10(13,14)8-3-1-2-7(6-8)4-5-18-9(19)11(15,16)17/h1-3,6H,4-5H2,(H,18,19). The van der Waals surface area contributed by atoms with Crippen molar-refractivity contribution in [3.63, 3.8) is 0 Å². The van der Waals surface area contributed by atoms with Gasteiger partial charge in [0.05, 0.1) is 5.56 Å². The molecule has 0 aliphatic heterocycles. The quantitative estimate of drug-likeness (QED) is 0.850. The molecule has 0 atom stereocenters. The van der Waals surface area contributed by atoms with Crippen LogP contribution in [0, 0.1) is 0 Å². The monoisotopic (exact) mass is 285 g/mol. The van der Waals surface area contributed by atoms with E-state index < -0.39 is 23.8 Å². The lowest BCUT2D eigenvalue weighted by Gasteiger charge is -2.10. The molecule has 0 saturated carbocycles. The predicted octanol–water partition coefficient (Wildman–Crippen LogP) is 2.93. The van der Waals surface area contributed by atoms with Crippen LogP contribution in [0.1, 0.15) is 11.1 Å². The number of carbonyl (C=O) groups excluding carboxylic acids is 1. The summed E-state index contributed by atoms with van der Waals surface area (Å²) in [6, 6.07) is 4.19. The van der Waals surface area contributed by atoms with Gasteiger partial charge >= 0.3 is 18.3 Å². The van der Waals surface area contributed by atoms with Crippen molar-refractivity contribution in [1.29, 1.82) is 0 Å². The zero-order chi connectivity index (χ0) is 14.7. The van der Waals surface area contributed by atoms with Crippen molar-refractivity contribution >= 4 is 5.91 Å². The largest absolute Gasteiger partial charge is 0.471 e. The molecule has 0 fully saturated rings. The lowest BCUT2D eigenvalue weighted by Crippen LogP contribution is -2.37. The summed E-state index contributed by atoms with van der Waals surface area (Å²) < 4.78 is 72.6. The molecule has 0 radical (unpaired) electrons. The normalized spacial score (nSPS) is 12.3. The van der Waals surface area contributed by atoms with Crippen molar-refractivity contribution in [1.82, 2.24) is 5.32 Å². The molecular formula is C11H9F6NO. The molecule has 0 aliphatic carbocycles. The van der Waals surface area contributed by atoms with Crippen LogP contribution >= 0.6 is 0 Å². The highest BCUT2D eigenvalue weighted by atomic mass is 19.4. The molecule has 19 heavy (non-hydrogen) atoms. The maximum atomic E-state index is 12.4. The number of amides is 1. The molecule has 1 aromatic rings. The van der Waals surface area contributed by atoms with Crippen LogP contribution in [0.4, 0.5) is 26.3 Å². The van der Waals surface area contributed by atoms with E-state index >= 15 is 0 Å². The Kier molecular flexibility index (Phi) is 4.43. The Labute approximate surface area is 104 Å². The van der Waals surface area contributed by atoms with E-state index in [4.69, 9.17) is 0 Å². The topological polar surface area (TPSA) is 29.1 Å². The van der Waals surface area contributed by atoms with Crippen molar-refractivity contribution < 1.29 is 31.1 Å². The lowest BCUT2D eigenvalue weighted by atomic mass is 10.1. The van der Waals surface area contributed by atoms with Gasteiger partial charge in [0, 0.05) is 6.54 Å². The summed E-state index contributed by atoms with van der Waals surface area (Å²) >= 11 is 0. The first-order chi connectivity index (χ1) is 8.60. The highest BCUT2D eigenvalue weighted by Gasteiger charge is 2.38. The first-order valence-electron chi connectivity index (χ1n) is 5.12. The molecule has 0 spiro atoms. The molecule has 0 bridgehead atoms. The third kappa shape index (κ3) is 4.80. The molecule has 8 heteroatoms. The van der Waals surface area contributed by atoms with Crippen LogP contribution in [0.25, 0.3) is 0 Å². The summed E-state index contributed by atoms with van der Waals surface area (Å²) in [5.41, 5.74) is -0.690. The Balaban J connectivity index is 2.58. The van der Waals surface area contributed by atoms with Gasteiger partial charge in [-0.15, -0.1) is 0 Å². The van der Waals surface area contributed by atoms with Crippen LogP contribution < -0.4 is 5.32 Å². The molecular weight excluding hydrogens is 276 g/mol. The Bertz CT molecular complexity index is 451. The minimum absolute atomic E-state index is 0.119. The van der Waals surface area contributed by atoms with Gasteiger partial charge < -0.3 is 5.32 Å². The van der Waals surface area contributed by atoms with Crippen LogP contribution in [0.3, 0.4) is 0 Å². The van der Waals surface area contributed by atoms with Crippen LogP contribution in [0.5, 0.6) is 0 Å². The first-order valence-corrected chi connectivity index (χ1v) is 5.12.